The Kier molecular flexibility index (Phi) is 6.18. The molecular formula is C27H25FN4O3. The third-order valence-corrected chi connectivity index (χ3v) is 6.29. The van der Waals surface area contributed by atoms with Crippen LogP contribution in [0.5, 0.6) is 0 Å². The molecule has 2 atom stereocenters. The van der Waals surface area contributed by atoms with Gasteiger partial charge in [0.05, 0.1) is 29.5 Å². The summed E-state index contributed by atoms with van der Waals surface area (Å²) < 4.78 is 20.4. The Balaban J connectivity index is 1.32. The summed E-state index contributed by atoms with van der Waals surface area (Å²) in [6.07, 6.45) is 2.05. The third kappa shape index (κ3) is 4.59. The predicted octanol–water partition coefficient (Wildman–Crippen LogP) is 4.97. The third-order valence-electron chi connectivity index (χ3n) is 6.29. The van der Waals surface area contributed by atoms with Gasteiger partial charge in [-0.25, -0.2) is 13.9 Å². The van der Waals surface area contributed by atoms with Gasteiger partial charge in [0, 0.05) is 17.5 Å². The van der Waals surface area contributed by atoms with E-state index in [0.29, 0.717) is 6.42 Å². The topological polar surface area (TPSA) is 76.5 Å². The molecular weight excluding hydrogens is 447 g/mol. The molecule has 2 unspecified atom stereocenters. The van der Waals surface area contributed by atoms with Crippen molar-refractivity contribution in [2.45, 2.75) is 38.5 Å². The van der Waals surface area contributed by atoms with Gasteiger partial charge in [0.25, 0.3) is 0 Å². The van der Waals surface area contributed by atoms with Crippen LogP contribution in [-0.2, 0) is 16.1 Å². The second-order valence-corrected chi connectivity index (χ2v) is 8.53. The van der Waals surface area contributed by atoms with Gasteiger partial charge in [-0.1, -0.05) is 37.3 Å². The van der Waals surface area contributed by atoms with Crippen LogP contribution in [-0.4, -0.2) is 33.9 Å². The van der Waals surface area contributed by atoms with Crippen LogP contribution in [0.15, 0.2) is 79.0 Å². The minimum Gasteiger partial charge on any atom is -0.445 e. The zero-order valence-corrected chi connectivity index (χ0v) is 19.2. The first-order valence-corrected chi connectivity index (χ1v) is 11.6. The lowest BCUT2D eigenvalue weighted by Crippen LogP contribution is -2.45. The summed E-state index contributed by atoms with van der Waals surface area (Å²) in [7, 11) is 0. The fourth-order valence-corrected chi connectivity index (χ4v) is 4.61. The Morgan fingerprint density at radius 2 is 1.83 bits per heavy atom. The van der Waals surface area contributed by atoms with E-state index in [1.165, 1.54) is 12.1 Å². The van der Waals surface area contributed by atoms with E-state index in [0.717, 1.165) is 27.8 Å². The molecule has 0 bridgehead atoms. The van der Waals surface area contributed by atoms with Crippen molar-refractivity contribution in [1.82, 2.24) is 15.1 Å². The van der Waals surface area contributed by atoms with E-state index in [2.05, 4.69) is 10.4 Å². The van der Waals surface area contributed by atoms with Crippen molar-refractivity contribution in [3.63, 3.8) is 0 Å². The molecule has 1 aliphatic heterocycles. The number of anilines is 1. The number of benzene rings is 3. The summed E-state index contributed by atoms with van der Waals surface area (Å²) in [6.45, 7) is 2.16. The first-order chi connectivity index (χ1) is 17.0. The standard InChI is InChI=1S/C27H25FN4O3/c1-2-24-23(30-27(34)35-17-18-6-4-3-5-7-18)15-26(33)31(24)22-12-13-25-19(14-22)16-29-32(25)21-10-8-20(28)9-11-21/h3-14,16,23-24H,2,15,17H2,1H3,(H,30,34). The smallest absolute Gasteiger partial charge is 0.407 e. The Labute approximate surface area is 202 Å². The summed E-state index contributed by atoms with van der Waals surface area (Å²) in [6, 6.07) is 20.7. The highest BCUT2D eigenvalue weighted by molar-refractivity contribution is 5.99. The largest absolute Gasteiger partial charge is 0.445 e. The summed E-state index contributed by atoms with van der Waals surface area (Å²) in [5.74, 6) is -0.367. The quantitative estimate of drug-likeness (QED) is 0.430. The van der Waals surface area contributed by atoms with Crippen molar-refractivity contribution in [1.29, 1.82) is 0 Å². The zero-order valence-electron chi connectivity index (χ0n) is 19.2. The minimum atomic E-state index is -0.539. The maximum Gasteiger partial charge on any atom is 0.407 e. The van der Waals surface area contributed by atoms with Crippen LogP contribution >= 0.6 is 0 Å². The van der Waals surface area contributed by atoms with Gasteiger partial charge in [0.2, 0.25) is 5.91 Å². The molecule has 5 rings (SSSR count). The average Bonchev–Trinajstić information content (AvgIpc) is 3.43. The number of amides is 2. The van der Waals surface area contributed by atoms with Crippen molar-refractivity contribution < 1.29 is 18.7 Å². The van der Waals surface area contributed by atoms with Crippen molar-refractivity contribution >= 4 is 28.6 Å². The molecule has 1 saturated heterocycles. The Morgan fingerprint density at radius 1 is 1.09 bits per heavy atom. The van der Waals surface area contributed by atoms with Crippen LogP contribution in [0.2, 0.25) is 0 Å². The lowest BCUT2D eigenvalue weighted by molar-refractivity contribution is -0.117. The number of fused-ring (bicyclic) bond motifs is 1. The first kappa shape index (κ1) is 22.6. The lowest BCUT2D eigenvalue weighted by atomic mass is 10.1. The summed E-state index contributed by atoms with van der Waals surface area (Å²) in [5.41, 5.74) is 3.23. The fourth-order valence-electron chi connectivity index (χ4n) is 4.61. The van der Waals surface area contributed by atoms with E-state index >= 15 is 0 Å². The van der Waals surface area contributed by atoms with E-state index in [-0.39, 0.29) is 36.8 Å². The lowest BCUT2D eigenvalue weighted by Gasteiger charge is -2.27. The van der Waals surface area contributed by atoms with Crippen molar-refractivity contribution in [3.05, 3.63) is 90.4 Å². The molecule has 4 aromatic rings. The van der Waals surface area contributed by atoms with Crippen LogP contribution in [0.25, 0.3) is 16.6 Å². The predicted molar refractivity (Wildman–Crippen MR) is 131 cm³/mol. The highest BCUT2D eigenvalue weighted by Gasteiger charge is 2.40. The van der Waals surface area contributed by atoms with E-state index in [1.807, 2.05) is 55.5 Å². The van der Waals surface area contributed by atoms with Crippen molar-refractivity contribution in [2.24, 2.45) is 0 Å². The molecule has 1 aromatic heterocycles. The number of nitrogens with one attached hydrogen (secondary N) is 1. The van der Waals surface area contributed by atoms with Crippen molar-refractivity contribution in [3.8, 4) is 5.69 Å². The van der Waals surface area contributed by atoms with Gasteiger partial charge in [0.15, 0.2) is 0 Å². The molecule has 8 heteroatoms. The SMILES string of the molecule is CCC1C(NC(=O)OCc2ccccc2)CC(=O)N1c1ccc2c(cnn2-c2ccc(F)cc2)c1. The number of carbonyl (C=O) groups is 2. The number of hydrogen-bond donors (Lipinski definition) is 1. The maximum absolute atomic E-state index is 13.3. The Bertz CT molecular complexity index is 1350. The second kappa shape index (κ2) is 9.58. The van der Waals surface area contributed by atoms with E-state index < -0.39 is 6.09 Å². The minimum absolute atomic E-state index is 0.0597. The van der Waals surface area contributed by atoms with Gasteiger partial charge in [0.1, 0.15) is 12.4 Å². The summed E-state index contributed by atoms with van der Waals surface area (Å²) >= 11 is 0. The second-order valence-electron chi connectivity index (χ2n) is 8.53. The molecule has 1 fully saturated rings. The number of aromatic nitrogens is 2. The van der Waals surface area contributed by atoms with E-state index in [1.54, 1.807) is 27.9 Å². The highest BCUT2D eigenvalue weighted by atomic mass is 19.1. The molecule has 2 heterocycles. The number of ether oxygens (including phenoxy) is 1. The van der Waals surface area contributed by atoms with Crippen LogP contribution in [0, 0.1) is 5.82 Å². The summed E-state index contributed by atoms with van der Waals surface area (Å²) in [4.78, 5) is 27.2. The first-order valence-electron chi connectivity index (χ1n) is 11.6. The number of halogens is 1. The fraction of sp³-hybridized carbons (Fsp3) is 0.222. The van der Waals surface area contributed by atoms with Crippen LogP contribution in [0.3, 0.4) is 0 Å². The number of rotatable bonds is 6. The van der Waals surface area contributed by atoms with E-state index in [4.69, 9.17) is 4.74 Å². The number of hydrogen-bond acceptors (Lipinski definition) is 4. The van der Waals surface area contributed by atoms with Gasteiger partial charge < -0.3 is 15.0 Å². The Hall–Kier alpha value is -4.20. The van der Waals surface area contributed by atoms with Crippen molar-refractivity contribution in [2.75, 3.05) is 4.90 Å². The zero-order chi connectivity index (χ0) is 24.4. The molecule has 0 saturated carbocycles. The summed E-state index contributed by atoms with van der Waals surface area (Å²) in [5, 5.41) is 8.17. The van der Waals surface area contributed by atoms with Crippen LogP contribution < -0.4 is 10.2 Å². The number of nitrogens with zero attached hydrogens (tertiary/aromatic N) is 3. The normalized spacial score (nSPS) is 17.7. The molecule has 2 amide bonds. The molecule has 7 nitrogen and oxygen atoms in total. The Morgan fingerprint density at radius 3 is 2.57 bits per heavy atom. The molecule has 1 aliphatic rings. The number of carbonyl (C=O) groups excluding carboxylic acids is 2. The van der Waals surface area contributed by atoms with Gasteiger partial charge in [-0.15, -0.1) is 0 Å². The van der Waals surface area contributed by atoms with E-state index in [9.17, 15) is 14.0 Å². The molecule has 0 spiro atoms. The van der Waals surface area contributed by atoms with Crippen LogP contribution in [0.4, 0.5) is 14.9 Å². The van der Waals surface area contributed by atoms with Gasteiger partial charge in [-0.05, 0) is 54.4 Å². The maximum atomic E-state index is 13.3. The highest BCUT2D eigenvalue weighted by Crippen LogP contribution is 2.32. The number of alkyl carbamates (subject to hydrolysis) is 1. The molecule has 178 valence electrons. The van der Waals surface area contributed by atoms with Gasteiger partial charge in [-0.2, -0.15) is 5.10 Å². The van der Waals surface area contributed by atoms with Crippen LogP contribution in [0.1, 0.15) is 25.3 Å². The van der Waals surface area contributed by atoms with Gasteiger partial charge in [-0.3, -0.25) is 4.79 Å². The molecule has 35 heavy (non-hydrogen) atoms. The average molecular weight is 473 g/mol. The molecule has 3 aromatic carbocycles. The monoisotopic (exact) mass is 472 g/mol. The van der Waals surface area contributed by atoms with Gasteiger partial charge >= 0.3 is 6.09 Å². The molecule has 0 aliphatic carbocycles. The molecule has 0 radical (unpaired) electrons. The molecule has 1 N–H and O–H groups in total.